The van der Waals surface area contributed by atoms with Gasteiger partial charge >= 0.3 is 11.6 Å². The molecule has 2 aromatic rings. The van der Waals surface area contributed by atoms with Gasteiger partial charge in [-0.25, -0.2) is 4.79 Å². The highest BCUT2D eigenvalue weighted by Crippen LogP contribution is 2.31. The van der Waals surface area contributed by atoms with Gasteiger partial charge in [0, 0.05) is 13.0 Å². The Labute approximate surface area is 104 Å². The van der Waals surface area contributed by atoms with E-state index in [0.717, 1.165) is 0 Å². The SMILES string of the molecule is CC(=O)Oc1ccc2c(O)c(Br)c(=O)oc2c1. The Kier molecular flexibility index (Phi) is 2.89. The van der Waals surface area contributed by atoms with Gasteiger partial charge in [0.25, 0.3) is 0 Å². The van der Waals surface area contributed by atoms with E-state index in [4.69, 9.17) is 9.15 Å². The molecule has 0 aliphatic rings. The van der Waals surface area contributed by atoms with E-state index >= 15 is 0 Å². The van der Waals surface area contributed by atoms with Crippen LogP contribution < -0.4 is 10.4 Å². The van der Waals surface area contributed by atoms with Crippen LogP contribution in [0.2, 0.25) is 0 Å². The molecule has 88 valence electrons. The molecule has 0 fully saturated rings. The fourth-order valence-corrected chi connectivity index (χ4v) is 1.67. The molecule has 0 saturated heterocycles. The van der Waals surface area contributed by atoms with Crippen LogP contribution in [-0.4, -0.2) is 11.1 Å². The predicted molar refractivity (Wildman–Crippen MR) is 63.2 cm³/mol. The molecule has 0 aliphatic heterocycles. The standard InChI is InChI=1S/C11H7BrO5/c1-5(13)16-6-2-3-7-8(4-6)17-11(15)9(12)10(7)14/h2-4,14H,1H3. The molecule has 2 rings (SSSR count). The van der Waals surface area contributed by atoms with Crippen molar-refractivity contribution in [3.8, 4) is 11.5 Å². The molecule has 1 heterocycles. The van der Waals surface area contributed by atoms with Gasteiger partial charge < -0.3 is 14.3 Å². The smallest absolute Gasteiger partial charge is 0.354 e. The van der Waals surface area contributed by atoms with E-state index in [2.05, 4.69) is 15.9 Å². The number of hydrogen-bond acceptors (Lipinski definition) is 5. The fourth-order valence-electron chi connectivity index (χ4n) is 1.37. The molecule has 5 nitrogen and oxygen atoms in total. The molecule has 17 heavy (non-hydrogen) atoms. The van der Waals surface area contributed by atoms with Crippen molar-refractivity contribution < 1.29 is 19.1 Å². The first-order valence-electron chi connectivity index (χ1n) is 4.63. The number of esters is 1. The van der Waals surface area contributed by atoms with E-state index in [1.54, 1.807) is 0 Å². The lowest BCUT2D eigenvalue weighted by Gasteiger charge is -2.04. The van der Waals surface area contributed by atoms with Crippen LogP contribution in [0.3, 0.4) is 0 Å². The number of fused-ring (bicyclic) bond motifs is 1. The second kappa shape index (κ2) is 4.21. The molecule has 0 atom stereocenters. The van der Waals surface area contributed by atoms with E-state index in [9.17, 15) is 14.7 Å². The summed E-state index contributed by atoms with van der Waals surface area (Å²) < 4.78 is 9.74. The van der Waals surface area contributed by atoms with Gasteiger partial charge in [-0.3, -0.25) is 4.79 Å². The van der Waals surface area contributed by atoms with Gasteiger partial charge in [0.1, 0.15) is 21.6 Å². The molecule has 0 bridgehead atoms. The fraction of sp³-hybridized carbons (Fsp3) is 0.0909. The highest BCUT2D eigenvalue weighted by molar-refractivity contribution is 9.10. The van der Waals surface area contributed by atoms with Crippen LogP contribution in [0.1, 0.15) is 6.92 Å². The third kappa shape index (κ3) is 2.16. The van der Waals surface area contributed by atoms with E-state index in [1.165, 1.54) is 25.1 Å². The van der Waals surface area contributed by atoms with Crippen molar-refractivity contribution in [3.05, 3.63) is 33.1 Å². The van der Waals surface area contributed by atoms with Gasteiger partial charge in [-0.15, -0.1) is 0 Å². The van der Waals surface area contributed by atoms with Gasteiger partial charge in [0.2, 0.25) is 0 Å². The number of benzene rings is 1. The molecule has 0 aliphatic carbocycles. The molecule has 0 spiro atoms. The van der Waals surface area contributed by atoms with Crippen molar-refractivity contribution in [3.63, 3.8) is 0 Å². The number of carbonyl (C=O) groups excluding carboxylic acids is 1. The van der Waals surface area contributed by atoms with Crippen molar-refractivity contribution >= 4 is 32.9 Å². The van der Waals surface area contributed by atoms with Crippen molar-refractivity contribution in [2.24, 2.45) is 0 Å². The van der Waals surface area contributed by atoms with Crippen LogP contribution in [0.4, 0.5) is 0 Å². The van der Waals surface area contributed by atoms with Gasteiger partial charge in [-0.2, -0.15) is 0 Å². The van der Waals surface area contributed by atoms with Gasteiger partial charge in [0.05, 0.1) is 5.39 Å². The first-order chi connectivity index (χ1) is 7.99. The lowest BCUT2D eigenvalue weighted by atomic mass is 10.2. The lowest BCUT2D eigenvalue weighted by Crippen LogP contribution is -2.02. The van der Waals surface area contributed by atoms with Crippen LogP contribution in [0, 0.1) is 0 Å². The molecule has 6 heteroatoms. The van der Waals surface area contributed by atoms with Gasteiger partial charge in [0.15, 0.2) is 0 Å². The number of carbonyl (C=O) groups is 1. The average molecular weight is 299 g/mol. The summed E-state index contributed by atoms with van der Waals surface area (Å²) in [5.74, 6) is -0.437. The number of rotatable bonds is 1. The Morgan fingerprint density at radius 3 is 2.82 bits per heavy atom. The molecule has 0 amide bonds. The first-order valence-corrected chi connectivity index (χ1v) is 5.42. The molecule has 0 radical (unpaired) electrons. The Bertz CT molecular complexity index is 659. The molecular weight excluding hydrogens is 292 g/mol. The van der Waals surface area contributed by atoms with Crippen molar-refractivity contribution in [1.82, 2.24) is 0 Å². The van der Waals surface area contributed by atoms with E-state index in [-0.39, 0.29) is 21.6 Å². The first kappa shape index (κ1) is 11.7. The zero-order chi connectivity index (χ0) is 12.6. The van der Waals surface area contributed by atoms with Gasteiger partial charge in [-0.05, 0) is 28.1 Å². The average Bonchev–Trinajstić information content (AvgIpc) is 2.25. The second-order valence-corrected chi connectivity index (χ2v) is 4.10. The summed E-state index contributed by atoms with van der Waals surface area (Å²) in [4.78, 5) is 22.1. The largest absolute Gasteiger partial charge is 0.506 e. The van der Waals surface area contributed by atoms with Crippen LogP contribution in [0.5, 0.6) is 11.5 Å². The number of aromatic hydroxyl groups is 1. The molecule has 1 aromatic heterocycles. The van der Waals surface area contributed by atoms with Crippen LogP contribution >= 0.6 is 15.9 Å². The third-order valence-corrected chi connectivity index (χ3v) is 2.76. The molecule has 0 saturated carbocycles. The summed E-state index contributed by atoms with van der Waals surface area (Å²) in [6.45, 7) is 1.26. The minimum Gasteiger partial charge on any atom is -0.506 e. The maximum Gasteiger partial charge on any atom is 0.354 e. The second-order valence-electron chi connectivity index (χ2n) is 3.30. The number of ether oxygens (including phenoxy) is 1. The summed E-state index contributed by atoms with van der Waals surface area (Å²) in [7, 11) is 0. The zero-order valence-corrected chi connectivity index (χ0v) is 10.3. The summed E-state index contributed by atoms with van der Waals surface area (Å²) in [6, 6.07) is 4.36. The van der Waals surface area contributed by atoms with Gasteiger partial charge in [-0.1, -0.05) is 0 Å². The summed E-state index contributed by atoms with van der Waals surface area (Å²) in [6.07, 6.45) is 0. The summed E-state index contributed by atoms with van der Waals surface area (Å²) in [5.41, 5.74) is -0.551. The summed E-state index contributed by atoms with van der Waals surface area (Å²) in [5, 5.41) is 10.1. The third-order valence-electron chi connectivity index (χ3n) is 2.06. The zero-order valence-electron chi connectivity index (χ0n) is 8.69. The van der Waals surface area contributed by atoms with Crippen LogP contribution in [0.15, 0.2) is 31.9 Å². The minimum absolute atomic E-state index is 0.0368. The van der Waals surface area contributed by atoms with E-state index in [0.29, 0.717) is 5.39 Å². The molecule has 1 N–H and O–H groups in total. The molecular formula is C11H7BrO5. The molecule has 1 aromatic carbocycles. The van der Waals surface area contributed by atoms with E-state index < -0.39 is 11.6 Å². The lowest BCUT2D eigenvalue weighted by molar-refractivity contribution is -0.131. The Morgan fingerprint density at radius 2 is 2.18 bits per heavy atom. The highest BCUT2D eigenvalue weighted by atomic mass is 79.9. The summed E-state index contributed by atoms with van der Waals surface area (Å²) >= 11 is 2.92. The van der Waals surface area contributed by atoms with Crippen molar-refractivity contribution in [2.75, 3.05) is 0 Å². The monoisotopic (exact) mass is 298 g/mol. The number of halogens is 1. The van der Waals surface area contributed by atoms with Crippen LogP contribution in [-0.2, 0) is 4.79 Å². The topological polar surface area (TPSA) is 76.7 Å². The normalized spacial score (nSPS) is 10.5. The van der Waals surface area contributed by atoms with Crippen LogP contribution in [0.25, 0.3) is 11.0 Å². The predicted octanol–water partition coefficient (Wildman–Crippen LogP) is 2.19. The van der Waals surface area contributed by atoms with E-state index in [1.807, 2.05) is 0 Å². The number of hydrogen-bond donors (Lipinski definition) is 1. The Morgan fingerprint density at radius 1 is 1.47 bits per heavy atom. The Hall–Kier alpha value is -1.82. The van der Waals surface area contributed by atoms with Crippen molar-refractivity contribution in [2.45, 2.75) is 6.92 Å². The maximum absolute atomic E-state index is 11.3. The quantitative estimate of drug-likeness (QED) is 0.496. The molecule has 0 unspecified atom stereocenters. The Balaban J connectivity index is 2.67. The highest BCUT2D eigenvalue weighted by Gasteiger charge is 2.12. The minimum atomic E-state index is -0.699. The maximum atomic E-state index is 11.3. The van der Waals surface area contributed by atoms with Crippen molar-refractivity contribution in [1.29, 1.82) is 0 Å².